The second-order valence-electron chi connectivity index (χ2n) is 8.13. The summed E-state index contributed by atoms with van der Waals surface area (Å²) in [6.07, 6.45) is -0.196. The van der Waals surface area contributed by atoms with E-state index in [0.717, 1.165) is 62.5 Å². The maximum Gasteiger partial charge on any atom is 0.490 e. The van der Waals surface area contributed by atoms with E-state index in [2.05, 4.69) is 15.4 Å². The highest BCUT2D eigenvalue weighted by Crippen LogP contribution is 2.39. The van der Waals surface area contributed by atoms with E-state index >= 15 is 0 Å². The highest BCUT2D eigenvalue weighted by atomic mass is 19.4. The molecule has 9 nitrogen and oxygen atoms in total. The van der Waals surface area contributed by atoms with Crippen molar-refractivity contribution in [3.05, 3.63) is 41.7 Å². The monoisotopic (exact) mass is 473 g/mol. The molecule has 2 aliphatic heterocycles. The average molecular weight is 473 g/mol. The van der Waals surface area contributed by atoms with E-state index in [9.17, 15) is 18.0 Å². The summed E-state index contributed by atoms with van der Waals surface area (Å²) in [5.41, 5.74) is 0.823. The maximum atomic E-state index is 12.4. The number of alkyl halides is 3. The highest BCUT2D eigenvalue weighted by Gasteiger charge is 2.44. The minimum absolute atomic E-state index is 0.0428. The van der Waals surface area contributed by atoms with Crippen molar-refractivity contribution in [2.45, 2.75) is 63.6 Å². The fourth-order valence-electron chi connectivity index (χ4n) is 3.91. The van der Waals surface area contributed by atoms with E-state index in [-0.39, 0.29) is 17.6 Å². The number of ether oxygens (including phenoxy) is 1. The first-order valence-corrected chi connectivity index (χ1v) is 10.5. The van der Waals surface area contributed by atoms with Crippen LogP contribution in [0.4, 0.5) is 13.2 Å². The third kappa shape index (κ3) is 7.06. The quantitative estimate of drug-likeness (QED) is 0.681. The number of amides is 1. The van der Waals surface area contributed by atoms with Gasteiger partial charge in [-0.3, -0.25) is 9.69 Å². The lowest BCUT2D eigenvalue weighted by molar-refractivity contribution is -0.192. The molecule has 1 atom stereocenters. The van der Waals surface area contributed by atoms with E-state index in [0.29, 0.717) is 6.54 Å². The molecule has 2 aromatic rings. The van der Waals surface area contributed by atoms with Crippen LogP contribution in [-0.2, 0) is 27.4 Å². The van der Waals surface area contributed by atoms with E-state index in [1.54, 1.807) is 6.26 Å². The smallest absolute Gasteiger partial charge is 0.475 e. The van der Waals surface area contributed by atoms with Crippen LogP contribution in [0.5, 0.6) is 0 Å². The van der Waals surface area contributed by atoms with Gasteiger partial charge in [0.15, 0.2) is 0 Å². The number of piperidine rings is 1. The third-order valence-corrected chi connectivity index (χ3v) is 5.64. The number of nitrogens with one attached hydrogen (secondary N) is 1. The Labute approximate surface area is 187 Å². The number of carbonyl (C=O) groups is 2. The molecule has 1 unspecified atom stereocenters. The second-order valence-corrected chi connectivity index (χ2v) is 8.13. The molecular weight excluding hydrogens is 447 g/mol. The Hall–Kier alpha value is -2.86. The summed E-state index contributed by atoms with van der Waals surface area (Å²) < 4.78 is 48.3. The number of aliphatic carboxylic acids is 1. The zero-order valence-corrected chi connectivity index (χ0v) is 18.1. The zero-order valence-electron chi connectivity index (χ0n) is 18.1. The van der Waals surface area contributed by atoms with Crippen LogP contribution in [0.1, 0.15) is 42.9 Å². The number of furan rings is 1. The van der Waals surface area contributed by atoms with Gasteiger partial charge in [-0.05, 0) is 44.7 Å². The Kier molecular flexibility index (Phi) is 7.80. The van der Waals surface area contributed by atoms with Crippen molar-refractivity contribution in [3.63, 3.8) is 0 Å². The summed E-state index contributed by atoms with van der Waals surface area (Å²) in [7, 11) is 0. The van der Waals surface area contributed by atoms with Gasteiger partial charge in [0.25, 0.3) is 0 Å². The number of aromatic nitrogens is 1. The lowest BCUT2D eigenvalue weighted by atomic mass is 9.88. The summed E-state index contributed by atoms with van der Waals surface area (Å²) >= 11 is 0. The topological polar surface area (TPSA) is 118 Å². The number of rotatable bonds is 5. The van der Waals surface area contributed by atoms with Crippen molar-refractivity contribution >= 4 is 11.9 Å². The largest absolute Gasteiger partial charge is 0.490 e. The summed E-state index contributed by atoms with van der Waals surface area (Å²) in [5.74, 6) is -1.20. The molecule has 1 amide bonds. The summed E-state index contributed by atoms with van der Waals surface area (Å²) in [4.78, 5) is 23.6. The molecule has 2 aliphatic rings. The van der Waals surface area contributed by atoms with Gasteiger partial charge < -0.3 is 24.1 Å². The predicted molar refractivity (Wildman–Crippen MR) is 107 cm³/mol. The number of nitrogens with zero attached hydrogens (tertiary/aromatic N) is 2. The first-order chi connectivity index (χ1) is 15.6. The normalized spacial score (nSPS) is 20.3. The van der Waals surface area contributed by atoms with Gasteiger partial charge in [-0.1, -0.05) is 5.16 Å². The molecule has 0 bridgehead atoms. The molecule has 4 heterocycles. The van der Waals surface area contributed by atoms with Crippen LogP contribution in [0, 0.1) is 6.92 Å². The number of halogens is 3. The van der Waals surface area contributed by atoms with Gasteiger partial charge in [-0.2, -0.15) is 13.2 Å². The molecule has 0 aromatic carbocycles. The number of carboxylic acid groups (broad SMARTS) is 1. The van der Waals surface area contributed by atoms with Crippen molar-refractivity contribution in [1.29, 1.82) is 0 Å². The number of likely N-dealkylation sites (tertiary alicyclic amines) is 1. The SMILES string of the molecule is Cc1cc(CN2CCC3(CCC(C(=O)NCc4ccco4)O3)CC2)no1.O=C(O)C(F)(F)F. The lowest BCUT2D eigenvalue weighted by Gasteiger charge is -2.38. The Balaban J connectivity index is 0.000000383. The van der Waals surface area contributed by atoms with Gasteiger partial charge in [0, 0.05) is 25.7 Å². The fraction of sp³-hybridized carbons (Fsp3) is 0.571. The van der Waals surface area contributed by atoms with Crippen LogP contribution in [0.2, 0.25) is 0 Å². The second kappa shape index (κ2) is 10.4. The van der Waals surface area contributed by atoms with Crippen LogP contribution in [0.25, 0.3) is 0 Å². The zero-order chi connectivity index (χ0) is 24.1. The standard InChI is InChI=1S/C19H25N3O4.C2HF3O2/c1-14-11-15(21-26-14)13-22-8-6-19(7-9-22)5-4-17(25-19)18(23)20-12-16-3-2-10-24-16;3-2(4,5)1(6)7/h2-3,10-11,17H,4-9,12-13H2,1H3,(H,20,23);(H,6,7). The van der Waals surface area contributed by atoms with E-state index in [4.69, 9.17) is 23.6 Å². The van der Waals surface area contributed by atoms with Crippen molar-refractivity contribution < 1.29 is 41.5 Å². The first kappa shape index (κ1) is 24.8. The molecule has 2 fully saturated rings. The Morgan fingerprint density at radius 2 is 2.00 bits per heavy atom. The predicted octanol–water partition coefficient (Wildman–Crippen LogP) is 3.04. The lowest BCUT2D eigenvalue weighted by Crippen LogP contribution is -2.45. The van der Waals surface area contributed by atoms with Gasteiger partial charge in [0.05, 0.1) is 24.1 Å². The molecule has 182 valence electrons. The molecule has 12 heteroatoms. The molecule has 33 heavy (non-hydrogen) atoms. The van der Waals surface area contributed by atoms with Crippen molar-refractivity contribution in [1.82, 2.24) is 15.4 Å². The molecular formula is C21H26F3N3O6. The number of carbonyl (C=O) groups excluding carboxylic acids is 1. The van der Waals surface area contributed by atoms with Crippen LogP contribution in [0.3, 0.4) is 0 Å². The van der Waals surface area contributed by atoms with Gasteiger partial charge in [-0.15, -0.1) is 0 Å². The average Bonchev–Trinajstić information content (AvgIpc) is 3.50. The van der Waals surface area contributed by atoms with E-state index in [1.165, 1.54) is 0 Å². The first-order valence-electron chi connectivity index (χ1n) is 10.5. The molecule has 0 saturated carbocycles. The van der Waals surface area contributed by atoms with Crippen LogP contribution in [-0.4, -0.2) is 58.0 Å². The van der Waals surface area contributed by atoms with Gasteiger partial charge in [0.2, 0.25) is 5.91 Å². The number of hydrogen-bond donors (Lipinski definition) is 2. The van der Waals surface area contributed by atoms with Gasteiger partial charge >= 0.3 is 12.1 Å². The molecule has 2 aromatic heterocycles. The van der Waals surface area contributed by atoms with E-state index < -0.39 is 12.1 Å². The molecule has 0 radical (unpaired) electrons. The fourth-order valence-corrected chi connectivity index (χ4v) is 3.91. The van der Waals surface area contributed by atoms with Crippen LogP contribution < -0.4 is 5.32 Å². The minimum atomic E-state index is -5.08. The van der Waals surface area contributed by atoms with Crippen molar-refractivity contribution in [3.8, 4) is 0 Å². The summed E-state index contributed by atoms with van der Waals surface area (Å²) in [6.45, 7) is 5.02. The molecule has 2 N–H and O–H groups in total. The summed E-state index contributed by atoms with van der Waals surface area (Å²) in [6, 6.07) is 5.65. The number of aryl methyl sites for hydroxylation is 1. The van der Waals surface area contributed by atoms with Crippen molar-refractivity contribution in [2.24, 2.45) is 0 Å². The van der Waals surface area contributed by atoms with Gasteiger partial charge in [0.1, 0.15) is 17.6 Å². The Morgan fingerprint density at radius 3 is 2.55 bits per heavy atom. The molecule has 0 aliphatic carbocycles. The third-order valence-electron chi connectivity index (χ3n) is 5.64. The summed E-state index contributed by atoms with van der Waals surface area (Å²) in [5, 5.41) is 14.1. The van der Waals surface area contributed by atoms with Gasteiger partial charge in [-0.25, -0.2) is 4.79 Å². The highest BCUT2D eigenvalue weighted by molar-refractivity contribution is 5.81. The van der Waals surface area contributed by atoms with Crippen LogP contribution >= 0.6 is 0 Å². The van der Waals surface area contributed by atoms with Crippen molar-refractivity contribution in [2.75, 3.05) is 13.1 Å². The Bertz CT molecular complexity index is 920. The van der Waals surface area contributed by atoms with Crippen LogP contribution in [0.15, 0.2) is 33.4 Å². The Morgan fingerprint density at radius 1 is 1.30 bits per heavy atom. The molecule has 2 saturated heterocycles. The maximum absolute atomic E-state index is 12.4. The number of carboxylic acids is 1. The minimum Gasteiger partial charge on any atom is -0.475 e. The number of hydrogen-bond acceptors (Lipinski definition) is 7. The van der Waals surface area contributed by atoms with E-state index in [1.807, 2.05) is 25.1 Å². The molecule has 4 rings (SSSR count). The molecule has 1 spiro atoms.